The summed E-state index contributed by atoms with van der Waals surface area (Å²) >= 11 is 3.45. The summed E-state index contributed by atoms with van der Waals surface area (Å²) < 4.78 is 1.06. The lowest BCUT2D eigenvalue weighted by atomic mass is 10.2. The van der Waals surface area contributed by atoms with Crippen molar-refractivity contribution in [2.24, 2.45) is 0 Å². The molecule has 114 valence electrons. The van der Waals surface area contributed by atoms with E-state index in [1.165, 1.54) is 5.56 Å². The summed E-state index contributed by atoms with van der Waals surface area (Å²) in [7, 11) is 4.09. The predicted octanol–water partition coefficient (Wildman–Crippen LogP) is 2.68. The Hall–Kier alpha value is -1.97. The number of anilines is 1. The van der Waals surface area contributed by atoms with Gasteiger partial charge < -0.3 is 9.80 Å². The van der Waals surface area contributed by atoms with Crippen molar-refractivity contribution in [3.63, 3.8) is 0 Å². The van der Waals surface area contributed by atoms with Gasteiger partial charge in [0, 0.05) is 24.1 Å². The highest BCUT2D eigenvalue weighted by atomic mass is 79.9. The first-order chi connectivity index (χ1) is 10.6. The number of hydrogen-bond donors (Lipinski definition) is 0. The molecule has 6 heteroatoms. The highest BCUT2D eigenvalue weighted by Crippen LogP contribution is 2.16. The Labute approximate surface area is 139 Å². The zero-order valence-electron chi connectivity index (χ0n) is 12.7. The molecule has 0 aliphatic rings. The molecule has 1 aromatic heterocycles. The molecule has 0 unspecified atom stereocenters. The standard InChI is InChI=1S/C16H18BrN5/c1-21(2)9-10-22(12-13-3-5-14(17)6-4-13)16-8-7-15(11-18)19-20-16/h3-8H,9-10,12H2,1-2H3. The molecule has 0 fully saturated rings. The van der Waals surface area contributed by atoms with E-state index < -0.39 is 0 Å². The van der Waals surface area contributed by atoms with Gasteiger partial charge in [-0.15, -0.1) is 10.2 Å². The molecule has 0 atom stereocenters. The van der Waals surface area contributed by atoms with Crippen LogP contribution in [0.1, 0.15) is 11.3 Å². The van der Waals surface area contributed by atoms with Crippen molar-refractivity contribution in [3.05, 3.63) is 52.1 Å². The van der Waals surface area contributed by atoms with Crippen LogP contribution in [0.5, 0.6) is 0 Å². The molecule has 0 aliphatic carbocycles. The summed E-state index contributed by atoms with van der Waals surface area (Å²) in [6, 6.07) is 13.8. The second kappa shape index (κ2) is 7.87. The number of rotatable bonds is 6. The third-order valence-electron chi connectivity index (χ3n) is 3.19. The summed E-state index contributed by atoms with van der Waals surface area (Å²) in [6.07, 6.45) is 0. The van der Waals surface area contributed by atoms with Gasteiger partial charge >= 0.3 is 0 Å². The molecule has 0 aliphatic heterocycles. The highest BCUT2D eigenvalue weighted by molar-refractivity contribution is 9.10. The number of likely N-dealkylation sites (N-methyl/N-ethyl adjacent to an activating group) is 1. The first-order valence-corrected chi connectivity index (χ1v) is 7.76. The van der Waals surface area contributed by atoms with E-state index >= 15 is 0 Å². The second-order valence-corrected chi connectivity index (χ2v) is 6.16. The molecule has 1 heterocycles. The fourth-order valence-corrected chi connectivity index (χ4v) is 2.22. The molecule has 5 nitrogen and oxygen atoms in total. The average Bonchev–Trinajstić information content (AvgIpc) is 2.53. The monoisotopic (exact) mass is 359 g/mol. The van der Waals surface area contributed by atoms with E-state index in [0.29, 0.717) is 5.69 Å². The number of aromatic nitrogens is 2. The highest BCUT2D eigenvalue weighted by Gasteiger charge is 2.10. The van der Waals surface area contributed by atoms with Crippen LogP contribution in [0.25, 0.3) is 0 Å². The van der Waals surface area contributed by atoms with E-state index in [1.54, 1.807) is 6.07 Å². The Morgan fingerprint density at radius 2 is 1.77 bits per heavy atom. The van der Waals surface area contributed by atoms with Gasteiger partial charge in [-0.25, -0.2) is 0 Å². The third-order valence-corrected chi connectivity index (χ3v) is 3.72. The van der Waals surface area contributed by atoms with Gasteiger partial charge in [0.2, 0.25) is 0 Å². The number of hydrogen-bond acceptors (Lipinski definition) is 5. The lowest BCUT2D eigenvalue weighted by molar-refractivity contribution is 0.412. The van der Waals surface area contributed by atoms with Crippen molar-refractivity contribution in [3.8, 4) is 6.07 Å². The van der Waals surface area contributed by atoms with Crippen LogP contribution in [0.4, 0.5) is 5.82 Å². The molecular weight excluding hydrogens is 342 g/mol. The average molecular weight is 360 g/mol. The van der Waals surface area contributed by atoms with Gasteiger partial charge in [0.25, 0.3) is 0 Å². The molecule has 2 aromatic rings. The first-order valence-electron chi connectivity index (χ1n) is 6.96. The van der Waals surface area contributed by atoms with Gasteiger partial charge in [0.05, 0.1) is 0 Å². The number of benzene rings is 1. The van der Waals surface area contributed by atoms with E-state index in [9.17, 15) is 0 Å². The van der Waals surface area contributed by atoms with Crippen LogP contribution in [-0.2, 0) is 6.54 Å². The topological polar surface area (TPSA) is 56.0 Å². The molecule has 0 spiro atoms. The molecule has 1 aromatic carbocycles. The second-order valence-electron chi connectivity index (χ2n) is 5.24. The normalized spacial score (nSPS) is 10.5. The maximum atomic E-state index is 8.83. The minimum Gasteiger partial charge on any atom is -0.350 e. The smallest absolute Gasteiger partial charge is 0.163 e. The van der Waals surface area contributed by atoms with Crippen molar-refractivity contribution in [1.82, 2.24) is 15.1 Å². The van der Waals surface area contributed by atoms with E-state index in [0.717, 1.165) is 29.9 Å². The number of halogens is 1. The van der Waals surface area contributed by atoms with E-state index in [4.69, 9.17) is 5.26 Å². The Morgan fingerprint density at radius 3 is 2.32 bits per heavy atom. The van der Waals surface area contributed by atoms with Gasteiger partial charge in [-0.1, -0.05) is 28.1 Å². The largest absolute Gasteiger partial charge is 0.350 e. The zero-order chi connectivity index (χ0) is 15.9. The molecule has 0 bridgehead atoms. The molecule has 0 saturated heterocycles. The van der Waals surface area contributed by atoms with Crippen molar-refractivity contribution in [2.75, 3.05) is 32.1 Å². The fraction of sp³-hybridized carbons (Fsp3) is 0.312. The van der Waals surface area contributed by atoms with Crippen molar-refractivity contribution < 1.29 is 0 Å². The summed E-state index contributed by atoms with van der Waals surface area (Å²) in [5.41, 5.74) is 1.54. The van der Waals surface area contributed by atoms with Crippen molar-refractivity contribution >= 4 is 21.7 Å². The maximum absolute atomic E-state index is 8.83. The minimum atomic E-state index is 0.333. The van der Waals surface area contributed by atoms with Gasteiger partial charge in [-0.2, -0.15) is 5.26 Å². The molecule has 0 radical (unpaired) electrons. The minimum absolute atomic E-state index is 0.333. The predicted molar refractivity (Wildman–Crippen MR) is 90.5 cm³/mol. The zero-order valence-corrected chi connectivity index (χ0v) is 14.3. The summed E-state index contributed by atoms with van der Waals surface area (Å²) in [4.78, 5) is 4.29. The van der Waals surface area contributed by atoms with Gasteiger partial charge in [0.1, 0.15) is 6.07 Å². The SMILES string of the molecule is CN(C)CCN(Cc1ccc(Br)cc1)c1ccc(C#N)nn1. The van der Waals surface area contributed by atoms with Crippen molar-refractivity contribution in [2.45, 2.75) is 6.54 Å². The first kappa shape index (κ1) is 16.4. The summed E-state index contributed by atoms with van der Waals surface area (Å²) in [6.45, 7) is 2.50. The maximum Gasteiger partial charge on any atom is 0.163 e. The summed E-state index contributed by atoms with van der Waals surface area (Å²) in [5.74, 6) is 0.781. The van der Waals surface area contributed by atoms with Crippen LogP contribution in [0.3, 0.4) is 0 Å². The molecule has 0 N–H and O–H groups in total. The van der Waals surface area contributed by atoms with Crippen LogP contribution in [0, 0.1) is 11.3 Å². The number of nitriles is 1. The van der Waals surface area contributed by atoms with Crippen LogP contribution in [-0.4, -0.2) is 42.3 Å². The van der Waals surface area contributed by atoms with Crippen LogP contribution >= 0.6 is 15.9 Å². The van der Waals surface area contributed by atoms with E-state index in [1.807, 2.05) is 38.4 Å². The molecule has 2 rings (SSSR count). The van der Waals surface area contributed by atoms with Gasteiger partial charge in [-0.3, -0.25) is 0 Å². The van der Waals surface area contributed by atoms with Gasteiger partial charge in [0.15, 0.2) is 11.5 Å². The Morgan fingerprint density at radius 1 is 1.05 bits per heavy atom. The fourth-order valence-electron chi connectivity index (χ4n) is 1.96. The molecule has 22 heavy (non-hydrogen) atoms. The lowest BCUT2D eigenvalue weighted by Gasteiger charge is -2.25. The summed E-state index contributed by atoms with van der Waals surface area (Å²) in [5, 5.41) is 16.9. The number of nitrogens with zero attached hydrogens (tertiary/aromatic N) is 5. The Kier molecular flexibility index (Phi) is 5.87. The van der Waals surface area contributed by atoms with Crippen LogP contribution < -0.4 is 4.90 Å². The lowest BCUT2D eigenvalue weighted by Crippen LogP contribution is -2.32. The third kappa shape index (κ3) is 4.79. The molecule has 0 saturated carbocycles. The van der Waals surface area contributed by atoms with E-state index in [-0.39, 0.29) is 0 Å². The molecule has 0 amide bonds. The Balaban J connectivity index is 2.17. The van der Waals surface area contributed by atoms with Crippen molar-refractivity contribution in [1.29, 1.82) is 5.26 Å². The van der Waals surface area contributed by atoms with Crippen LogP contribution in [0.15, 0.2) is 40.9 Å². The van der Waals surface area contributed by atoms with Gasteiger partial charge in [-0.05, 0) is 43.9 Å². The quantitative estimate of drug-likeness (QED) is 0.793. The van der Waals surface area contributed by atoms with Crippen LogP contribution in [0.2, 0.25) is 0 Å². The van der Waals surface area contributed by atoms with E-state index in [2.05, 4.69) is 48.1 Å². The Bertz CT molecular complexity index is 631. The molecular formula is C16H18BrN5.